The zero-order valence-corrected chi connectivity index (χ0v) is 15.7. The number of benzene rings is 1. The van der Waals surface area contributed by atoms with Gasteiger partial charge in [0.25, 0.3) is 0 Å². The van der Waals surface area contributed by atoms with Crippen molar-refractivity contribution in [2.24, 2.45) is 17.3 Å². The van der Waals surface area contributed by atoms with E-state index in [1.807, 2.05) is 58.0 Å². The first-order valence-electron chi connectivity index (χ1n) is 8.98. The number of likely N-dealkylation sites (tertiary alicyclic amines) is 1. The number of hydrogen-bond acceptors (Lipinski definition) is 3. The van der Waals surface area contributed by atoms with Crippen LogP contribution in [0.15, 0.2) is 30.3 Å². The fourth-order valence-electron chi connectivity index (χ4n) is 3.37. The summed E-state index contributed by atoms with van der Waals surface area (Å²) in [5.74, 6) is -0.275. The average Bonchev–Trinajstić information content (AvgIpc) is 2.93. The zero-order valence-electron chi connectivity index (χ0n) is 15.7. The van der Waals surface area contributed by atoms with Gasteiger partial charge in [-0.1, -0.05) is 58.0 Å². The van der Waals surface area contributed by atoms with Crippen LogP contribution in [0.2, 0.25) is 0 Å². The molecule has 2 amide bonds. The Hall–Kier alpha value is -1.88. The van der Waals surface area contributed by atoms with Gasteiger partial charge in [-0.25, -0.2) is 0 Å². The molecule has 1 heterocycles. The van der Waals surface area contributed by atoms with E-state index in [1.54, 1.807) is 4.90 Å². The molecule has 1 aliphatic rings. The molecule has 0 spiro atoms. The van der Waals surface area contributed by atoms with Gasteiger partial charge in [0, 0.05) is 31.5 Å². The molecule has 0 aliphatic carbocycles. The molecule has 2 rings (SSSR count). The molecule has 1 fully saturated rings. The molecule has 5 nitrogen and oxygen atoms in total. The van der Waals surface area contributed by atoms with Crippen molar-refractivity contribution in [2.45, 2.75) is 46.8 Å². The first kappa shape index (κ1) is 19.4. The van der Waals surface area contributed by atoms with Gasteiger partial charge in [0.05, 0.1) is 12.0 Å². The second-order valence-corrected chi connectivity index (χ2v) is 8.06. The minimum atomic E-state index is -0.493. The van der Waals surface area contributed by atoms with Crippen LogP contribution in [0.3, 0.4) is 0 Å². The predicted octanol–water partition coefficient (Wildman–Crippen LogP) is 2.19. The summed E-state index contributed by atoms with van der Waals surface area (Å²) in [4.78, 5) is 26.4. The number of nitrogens with zero attached hydrogens (tertiary/aromatic N) is 1. The second kappa shape index (κ2) is 8.00. The summed E-state index contributed by atoms with van der Waals surface area (Å²) < 4.78 is 0. The first-order valence-corrected chi connectivity index (χ1v) is 8.98. The van der Waals surface area contributed by atoms with Crippen molar-refractivity contribution in [3.8, 4) is 0 Å². The van der Waals surface area contributed by atoms with Crippen molar-refractivity contribution in [1.82, 2.24) is 10.2 Å². The van der Waals surface area contributed by atoms with E-state index in [1.165, 1.54) is 0 Å². The van der Waals surface area contributed by atoms with Crippen LogP contribution in [0.4, 0.5) is 0 Å². The van der Waals surface area contributed by atoms with Crippen molar-refractivity contribution in [2.75, 3.05) is 13.1 Å². The maximum atomic E-state index is 12.5. The summed E-state index contributed by atoms with van der Waals surface area (Å²) in [5, 5.41) is 13.2. The molecule has 0 saturated carbocycles. The number of carbonyl (C=O) groups excluding carboxylic acids is 2. The molecule has 1 aromatic carbocycles. The number of aliphatic hydroxyl groups excluding tert-OH is 1. The maximum absolute atomic E-state index is 12.5. The maximum Gasteiger partial charge on any atom is 0.225 e. The molecule has 25 heavy (non-hydrogen) atoms. The van der Waals surface area contributed by atoms with E-state index < -0.39 is 11.5 Å². The van der Waals surface area contributed by atoms with E-state index in [-0.39, 0.29) is 30.1 Å². The number of rotatable bonds is 7. The standard InChI is InChI=1S/C20H30N2O3/c1-14(2)18(24)20(3,4)13-21-19(25)16-10-17(23)22(12-16)11-15-8-6-5-7-9-15/h5-9,14,16,18,24H,10-13H2,1-4H3,(H,21,25). The van der Waals surface area contributed by atoms with E-state index in [0.717, 1.165) is 5.56 Å². The van der Waals surface area contributed by atoms with Crippen molar-refractivity contribution < 1.29 is 14.7 Å². The third-order valence-electron chi connectivity index (χ3n) is 4.95. The quantitative estimate of drug-likeness (QED) is 0.795. The van der Waals surface area contributed by atoms with Gasteiger partial charge in [0.2, 0.25) is 11.8 Å². The van der Waals surface area contributed by atoms with Crippen LogP contribution in [-0.2, 0) is 16.1 Å². The van der Waals surface area contributed by atoms with Crippen LogP contribution >= 0.6 is 0 Å². The van der Waals surface area contributed by atoms with E-state index >= 15 is 0 Å². The lowest BCUT2D eigenvalue weighted by Crippen LogP contribution is -2.45. The van der Waals surface area contributed by atoms with Gasteiger partial charge in [-0.2, -0.15) is 0 Å². The average molecular weight is 346 g/mol. The van der Waals surface area contributed by atoms with Gasteiger partial charge in [-0.05, 0) is 11.5 Å². The van der Waals surface area contributed by atoms with Crippen LogP contribution in [0.5, 0.6) is 0 Å². The highest BCUT2D eigenvalue weighted by molar-refractivity contribution is 5.89. The zero-order chi connectivity index (χ0) is 18.6. The topological polar surface area (TPSA) is 69.6 Å². The summed E-state index contributed by atoms with van der Waals surface area (Å²) in [6.07, 6.45) is -0.237. The Morgan fingerprint density at radius 3 is 2.56 bits per heavy atom. The highest BCUT2D eigenvalue weighted by Gasteiger charge is 2.36. The molecule has 1 aliphatic heterocycles. The van der Waals surface area contributed by atoms with Crippen LogP contribution in [0, 0.1) is 17.3 Å². The summed E-state index contributed by atoms with van der Waals surface area (Å²) in [6.45, 7) is 9.21. The normalized spacial score (nSPS) is 19.4. The first-order chi connectivity index (χ1) is 11.7. The minimum Gasteiger partial charge on any atom is -0.392 e. The second-order valence-electron chi connectivity index (χ2n) is 8.06. The SMILES string of the molecule is CC(C)C(O)C(C)(C)CNC(=O)C1CC(=O)N(Cc2ccccc2)C1. The Kier molecular flexibility index (Phi) is 6.22. The summed E-state index contributed by atoms with van der Waals surface area (Å²) in [6, 6.07) is 9.80. The molecule has 2 N–H and O–H groups in total. The van der Waals surface area contributed by atoms with Gasteiger partial charge in [0.15, 0.2) is 0 Å². The van der Waals surface area contributed by atoms with E-state index in [0.29, 0.717) is 19.6 Å². The van der Waals surface area contributed by atoms with Gasteiger partial charge in [-0.15, -0.1) is 0 Å². The number of nitrogens with one attached hydrogen (secondary N) is 1. The van der Waals surface area contributed by atoms with Crippen molar-refractivity contribution >= 4 is 11.8 Å². The molecular weight excluding hydrogens is 316 g/mol. The highest BCUT2D eigenvalue weighted by Crippen LogP contribution is 2.26. The van der Waals surface area contributed by atoms with Gasteiger partial charge in [0.1, 0.15) is 0 Å². The molecule has 0 aromatic heterocycles. The molecule has 2 atom stereocenters. The van der Waals surface area contributed by atoms with E-state index in [4.69, 9.17) is 0 Å². The molecule has 0 radical (unpaired) electrons. The molecule has 5 heteroatoms. The lowest BCUT2D eigenvalue weighted by molar-refractivity contribution is -0.129. The van der Waals surface area contributed by atoms with Crippen LogP contribution < -0.4 is 5.32 Å². The molecule has 2 unspecified atom stereocenters. The Morgan fingerprint density at radius 2 is 1.96 bits per heavy atom. The van der Waals surface area contributed by atoms with E-state index in [2.05, 4.69) is 5.32 Å². The number of hydrogen-bond donors (Lipinski definition) is 2. The Bertz CT molecular complexity index is 598. The largest absolute Gasteiger partial charge is 0.392 e. The summed E-state index contributed by atoms with van der Waals surface area (Å²) in [5.41, 5.74) is 0.661. The van der Waals surface area contributed by atoms with Crippen molar-refractivity contribution in [3.63, 3.8) is 0 Å². The molecule has 1 saturated heterocycles. The fourth-order valence-corrected chi connectivity index (χ4v) is 3.37. The molecular formula is C20H30N2O3. The fraction of sp³-hybridized carbons (Fsp3) is 0.600. The van der Waals surface area contributed by atoms with Crippen LogP contribution in [-0.4, -0.2) is 41.0 Å². The van der Waals surface area contributed by atoms with Crippen molar-refractivity contribution in [3.05, 3.63) is 35.9 Å². The Morgan fingerprint density at radius 1 is 1.32 bits per heavy atom. The monoisotopic (exact) mass is 346 g/mol. The Labute approximate surface area is 150 Å². The summed E-state index contributed by atoms with van der Waals surface area (Å²) in [7, 11) is 0. The number of amides is 2. The van der Waals surface area contributed by atoms with Gasteiger partial charge in [-0.3, -0.25) is 9.59 Å². The predicted molar refractivity (Wildman–Crippen MR) is 97.6 cm³/mol. The minimum absolute atomic E-state index is 0.0190. The molecule has 0 bridgehead atoms. The van der Waals surface area contributed by atoms with Gasteiger partial charge < -0.3 is 15.3 Å². The lowest BCUT2D eigenvalue weighted by atomic mass is 9.80. The third-order valence-corrected chi connectivity index (χ3v) is 4.95. The summed E-state index contributed by atoms with van der Waals surface area (Å²) >= 11 is 0. The van der Waals surface area contributed by atoms with Crippen LogP contribution in [0.25, 0.3) is 0 Å². The smallest absolute Gasteiger partial charge is 0.225 e. The number of aliphatic hydroxyl groups is 1. The highest BCUT2D eigenvalue weighted by atomic mass is 16.3. The molecule has 138 valence electrons. The number of carbonyl (C=O) groups is 2. The van der Waals surface area contributed by atoms with Gasteiger partial charge >= 0.3 is 0 Å². The lowest BCUT2D eigenvalue weighted by Gasteiger charge is -2.33. The molecule has 1 aromatic rings. The van der Waals surface area contributed by atoms with Crippen LogP contribution in [0.1, 0.15) is 39.7 Å². The Balaban J connectivity index is 1.88. The third kappa shape index (κ3) is 5.05. The van der Waals surface area contributed by atoms with Crippen molar-refractivity contribution in [1.29, 1.82) is 0 Å². The van der Waals surface area contributed by atoms with E-state index in [9.17, 15) is 14.7 Å².